The van der Waals surface area contributed by atoms with Gasteiger partial charge in [0.25, 0.3) is 0 Å². The molecule has 1 heterocycles. The van der Waals surface area contributed by atoms with Crippen molar-refractivity contribution in [2.45, 2.75) is 20.0 Å². The average Bonchev–Trinajstić information content (AvgIpc) is 2.47. The van der Waals surface area contributed by atoms with Crippen molar-refractivity contribution < 1.29 is 14.6 Å². The molecule has 0 fully saturated rings. The molecule has 5 heteroatoms. The third-order valence-corrected chi connectivity index (χ3v) is 2.77. The molecule has 0 saturated heterocycles. The van der Waals surface area contributed by atoms with Gasteiger partial charge >= 0.3 is 5.97 Å². The van der Waals surface area contributed by atoms with Crippen molar-refractivity contribution in [3.63, 3.8) is 0 Å². The zero-order valence-corrected chi connectivity index (χ0v) is 11.7. The number of carboxylic acid groups (broad SMARTS) is 1. The molecule has 0 unspecified atom stereocenters. The molecular formula is C16H14N2O3. The Hall–Kier alpha value is -2.87. The number of aromatic nitrogens is 1. The molecule has 106 valence electrons. The Morgan fingerprint density at radius 1 is 1.33 bits per heavy atom. The maximum Gasteiger partial charge on any atom is 0.335 e. The average molecular weight is 282 g/mol. The molecule has 0 aliphatic heterocycles. The van der Waals surface area contributed by atoms with Gasteiger partial charge in [0.15, 0.2) is 0 Å². The van der Waals surface area contributed by atoms with Gasteiger partial charge in [-0.15, -0.1) is 0 Å². The summed E-state index contributed by atoms with van der Waals surface area (Å²) in [5, 5.41) is 18.2. The van der Waals surface area contributed by atoms with Gasteiger partial charge in [-0.2, -0.15) is 5.26 Å². The van der Waals surface area contributed by atoms with Crippen LogP contribution in [0.3, 0.4) is 0 Å². The molecule has 0 spiro atoms. The van der Waals surface area contributed by atoms with E-state index in [0.717, 1.165) is 0 Å². The molecule has 1 aromatic carbocycles. The summed E-state index contributed by atoms with van der Waals surface area (Å²) in [5.74, 6) is -0.510. The number of hydrogen-bond acceptors (Lipinski definition) is 4. The van der Waals surface area contributed by atoms with E-state index < -0.39 is 5.97 Å². The maximum atomic E-state index is 11.0. The molecule has 1 N–H and O–H groups in total. The first kappa shape index (κ1) is 14.5. The highest BCUT2D eigenvalue weighted by molar-refractivity contribution is 5.88. The number of hydrogen-bond donors (Lipinski definition) is 1. The van der Waals surface area contributed by atoms with Gasteiger partial charge in [-0.25, -0.2) is 4.79 Å². The minimum Gasteiger partial charge on any atom is -0.490 e. The van der Waals surface area contributed by atoms with Gasteiger partial charge in [-0.1, -0.05) is 0 Å². The zero-order valence-electron chi connectivity index (χ0n) is 11.7. The number of pyridine rings is 1. The van der Waals surface area contributed by atoms with Crippen molar-refractivity contribution >= 4 is 5.97 Å². The first-order valence-corrected chi connectivity index (χ1v) is 6.42. The second-order valence-electron chi connectivity index (χ2n) is 4.72. The maximum absolute atomic E-state index is 11.0. The van der Waals surface area contributed by atoms with E-state index in [9.17, 15) is 10.1 Å². The first-order chi connectivity index (χ1) is 10.0. The van der Waals surface area contributed by atoms with E-state index in [1.54, 1.807) is 18.2 Å². The molecule has 5 nitrogen and oxygen atoms in total. The van der Waals surface area contributed by atoms with Crippen LogP contribution in [0.15, 0.2) is 36.5 Å². The van der Waals surface area contributed by atoms with Crippen LogP contribution >= 0.6 is 0 Å². The lowest BCUT2D eigenvalue weighted by Crippen LogP contribution is -2.06. The third-order valence-electron chi connectivity index (χ3n) is 2.77. The number of nitriles is 1. The summed E-state index contributed by atoms with van der Waals surface area (Å²) >= 11 is 0. The van der Waals surface area contributed by atoms with Crippen molar-refractivity contribution in [2.24, 2.45) is 0 Å². The predicted molar refractivity (Wildman–Crippen MR) is 77.1 cm³/mol. The zero-order chi connectivity index (χ0) is 15.4. The van der Waals surface area contributed by atoms with Crippen molar-refractivity contribution in [3.8, 4) is 23.1 Å². The minimum atomic E-state index is -1.01. The molecule has 0 saturated carbocycles. The topological polar surface area (TPSA) is 83.2 Å². The van der Waals surface area contributed by atoms with E-state index in [4.69, 9.17) is 9.84 Å². The number of ether oxygens (including phenoxy) is 1. The number of rotatable bonds is 4. The fourth-order valence-corrected chi connectivity index (χ4v) is 1.85. The molecule has 1 aromatic heterocycles. The highest BCUT2D eigenvalue weighted by Crippen LogP contribution is 2.26. The normalized spacial score (nSPS) is 10.2. The summed E-state index contributed by atoms with van der Waals surface area (Å²) in [6.45, 7) is 3.76. The second-order valence-corrected chi connectivity index (χ2v) is 4.72. The summed E-state index contributed by atoms with van der Waals surface area (Å²) in [6.07, 6.45) is 1.40. The Morgan fingerprint density at radius 3 is 2.71 bits per heavy atom. The molecule has 0 aliphatic carbocycles. The van der Waals surface area contributed by atoms with Crippen LogP contribution in [0.25, 0.3) is 11.3 Å². The Balaban J connectivity index is 2.44. The molecular weight excluding hydrogens is 268 g/mol. The monoisotopic (exact) mass is 282 g/mol. The summed E-state index contributed by atoms with van der Waals surface area (Å²) in [5.41, 5.74) is 1.72. The van der Waals surface area contributed by atoms with Gasteiger partial charge in [0.1, 0.15) is 11.8 Å². The Bertz CT molecular complexity index is 718. The molecule has 2 rings (SSSR count). The van der Waals surface area contributed by atoms with Crippen LogP contribution in [0.5, 0.6) is 5.75 Å². The van der Waals surface area contributed by atoms with Gasteiger partial charge in [0.2, 0.25) is 0 Å². The standard InChI is InChI=1S/C16H14N2O3/c1-10(2)21-15-4-3-11(7-13(15)9-17)14-8-12(16(19)20)5-6-18-14/h3-8,10H,1-2H3,(H,19,20). The molecule has 0 bridgehead atoms. The van der Waals surface area contributed by atoms with Crippen molar-refractivity contribution in [1.29, 1.82) is 5.26 Å². The van der Waals surface area contributed by atoms with E-state index >= 15 is 0 Å². The minimum absolute atomic E-state index is 0.0311. The van der Waals surface area contributed by atoms with E-state index in [1.165, 1.54) is 18.3 Å². The van der Waals surface area contributed by atoms with Crippen LogP contribution in [-0.2, 0) is 0 Å². The van der Waals surface area contributed by atoms with Crippen LogP contribution in [0.4, 0.5) is 0 Å². The van der Waals surface area contributed by atoms with Gasteiger partial charge in [-0.3, -0.25) is 4.98 Å². The second kappa shape index (κ2) is 6.06. The Morgan fingerprint density at radius 2 is 2.10 bits per heavy atom. The van der Waals surface area contributed by atoms with E-state index in [1.807, 2.05) is 13.8 Å². The van der Waals surface area contributed by atoms with Crippen molar-refractivity contribution in [2.75, 3.05) is 0 Å². The molecule has 2 aromatic rings. The molecule has 0 atom stereocenters. The fourth-order valence-electron chi connectivity index (χ4n) is 1.85. The van der Waals surface area contributed by atoms with Gasteiger partial charge in [-0.05, 0) is 44.2 Å². The smallest absolute Gasteiger partial charge is 0.335 e. The molecule has 0 amide bonds. The number of nitrogens with zero attached hydrogens (tertiary/aromatic N) is 2. The highest BCUT2D eigenvalue weighted by Gasteiger charge is 2.10. The Kier molecular flexibility index (Phi) is 4.19. The van der Waals surface area contributed by atoms with Crippen molar-refractivity contribution in [3.05, 3.63) is 47.7 Å². The van der Waals surface area contributed by atoms with Crippen LogP contribution in [0.2, 0.25) is 0 Å². The summed E-state index contributed by atoms with van der Waals surface area (Å²) < 4.78 is 5.55. The molecule has 0 radical (unpaired) electrons. The fraction of sp³-hybridized carbons (Fsp3) is 0.188. The predicted octanol–water partition coefficient (Wildman–Crippen LogP) is 3.11. The first-order valence-electron chi connectivity index (χ1n) is 6.42. The number of carboxylic acids is 1. The summed E-state index contributed by atoms with van der Waals surface area (Å²) in [6, 6.07) is 10.1. The lowest BCUT2D eigenvalue weighted by Gasteiger charge is -2.12. The number of carbonyl (C=O) groups is 1. The number of benzene rings is 1. The third kappa shape index (κ3) is 3.37. The van der Waals surface area contributed by atoms with Crippen LogP contribution in [-0.4, -0.2) is 22.2 Å². The lowest BCUT2D eigenvalue weighted by atomic mass is 10.1. The lowest BCUT2D eigenvalue weighted by molar-refractivity contribution is 0.0697. The largest absolute Gasteiger partial charge is 0.490 e. The van der Waals surface area contributed by atoms with E-state index in [-0.39, 0.29) is 11.7 Å². The van der Waals surface area contributed by atoms with Crippen LogP contribution in [0, 0.1) is 11.3 Å². The highest BCUT2D eigenvalue weighted by atomic mass is 16.5. The summed E-state index contributed by atoms with van der Waals surface area (Å²) in [7, 11) is 0. The van der Waals surface area contributed by atoms with Crippen LogP contribution in [0.1, 0.15) is 29.8 Å². The van der Waals surface area contributed by atoms with Gasteiger partial charge in [0.05, 0.1) is 22.9 Å². The van der Waals surface area contributed by atoms with E-state index in [0.29, 0.717) is 22.6 Å². The Labute approximate surface area is 122 Å². The molecule has 0 aliphatic rings. The quantitative estimate of drug-likeness (QED) is 0.931. The number of aromatic carboxylic acids is 1. The van der Waals surface area contributed by atoms with Gasteiger partial charge < -0.3 is 9.84 Å². The van der Waals surface area contributed by atoms with E-state index in [2.05, 4.69) is 11.1 Å². The SMILES string of the molecule is CC(C)Oc1ccc(-c2cc(C(=O)O)ccn2)cc1C#N. The van der Waals surface area contributed by atoms with Gasteiger partial charge in [0, 0.05) is 11.8 Å². The molecule has 21 heavy (non-hydrogen) atoms. The van der Waals surface area contributed by atoms with Crippen molar-refractivity contribution in [1.82, 2.24) is 4.98 Å². The summed E-state index contributed by atoms with van der Waals surface area (Å²) in [4.78, 5) is 15.1. The van der Waals surface area contributed by atoms with Crippen LogP contribution < -0.4 is 4.74 Å².